The maximum atomic E-state index is 5.28. The molecular formula is C10H18OS. The van der Waals surface area contributed by atoms with Crippen molar-refractivity contribution in [2.45, 2.75) is 26.2 Å². The summed E-state index contributed by atoms with van der Waals surface area (Å²) in [5, 5.41) is 0. The van der Waals surface area contributed by atoms with Crippen molar-refractivity contribution in [3.05, 3.63) is 12.8 Å². The van der Waals surface area contributed by atoms with Gasteiger partial charge in [-0.3, -0.25) is 0 Å². The van der Waals surface area contributed by atoms with Gasteiger partial charge in [0.25, 0.3) is 0 Å². The van der Waals surface area contributed by atoms with Gasteiger partial charge in [0.05, 0.1) is 12.9 Å². The Hall–Kier alpha value is -0.110. The van der Waals surface area contributed by atoms with Crippen molar-refractivity contribution in [3.63, 3.8) is 0 Å². The van der Waals surface area contributed by atoms with E-state index in [1.807, 2.05) is 0 Å². The molecule has 1 fully saturated rings. The number of thioether (sulfide) groups is 1. The second kappa shape index (κ2) is 4.80. The largest absolute Gasteiger partial charge is 0.501 e. The standard InChI is InChI=1S/C10H18OS/c1-3-11-8-10(2)6-4-5-7-12-9-10/h3H,1,4-9H2,2H3. The molecule has 0 spiro atoms. The van der Waals surface area contributed by atoms with Crippen molar-refractivity contribution >= 4 is 11.8 Å². The lowest BCUT2D eigenvalue weighted by Gasteiger charge is -2.26. The average Bonchev–Trinajstić information content (AvgIpc) is 2.27. The van der Waals surface area contributed by atoms with E-state index < -0.39 is 0 Å². The van der Waals surface area contributed by atoms with E-state index in [0.29, 0.717) is 5.41 Å². The van der Waals surface area contributed by atoms with Gasteiger partial charge in [0.15, 0.2) is 0 Å². The van der Waals surface area contributed by atoms with Gasteiger partial charge in [-0.15, -0.1) is 0 Å². The molecule has 1 aliphatic heterocycles. The molecule has 0 aromatic carbocycles. The first kappa shape index (κ1) is 9.97. The van der Waals surface area contributed by atoms with E-state index >= 15 is 0 Å². The van der Waals surface area contributed by atoms with E-state index in [1.54, 1.807) is 6.26 Å². The fraction of sp³-hybridized carbons (Fsp3) is 0.800. The molecule has 0 aromatic heterocycles. The van der Waals surface area contributed by atoms with Crippen LogP contribution < -0.4 is 0 Å². The van der Waals surface area contributed by atoms with Crippen LogP contribution in [0.1, 0.15) is 26.2 Å². The second-order valence-corrected chi connectivity index (χ2v) is 4.90. The van der Waals surface area contributed by atoms with Crippen LogP contribution in [0.25, 0.3) is 0 Å². The lowest BCUT2D eigenvalue weighted by Crippen LogP contribution is -2.24. The Morgan fingerprint density at radius 3 is 3.17 bits per heavy atom. The maximum absolute atomic E-state index is 5.28. The van der Waals surface area contributed by atoms with Crippen molar-refractivity contribution in [1.82, 2.24) is 0 Å². The van der Waals surface area contributed by atoms with Gasteiger partial charge in [-0.1, -0.05) is 19.9 Å². The van der Waals surface area contributed by atoms with Crippen LogP contribution in [0.5, 0.6) is 0 Å². The minimum Gasteiger partial charge on any atom is -0.501 e. The lowest BCUT2D eigenvalue weighted by molar-refractivity contribution is 0.133. The predicted octanol–water partition coefficient (Wildman–Crippen LogP) is 3.07. The third-order valence-electron chi connectivity index (χ3n) is 2.32. The zero-order valence-electron chi connectivity index (χ0n) is 7.84. The molecule has 0 saturated carbocycles. The zero-order valence-corrected chi connectivity index (χ0v) is 8.66. The average molecular weight is 186 g/mol. The predicted molar refractivity (Wildman–Crippen MR) is 55.4 cm³/mol. The van der Waals surface area contributed by atoms with Gasteiger partial charge in [0, 0.05) is 11.2 Å². The zero-order chi connectivity index (χ0) is 8.86. The normalized spacial score (nSPS) is 30.8. The summed E-state index contributed by atoms with van der Waals surface area (Å²) in [4.78, 5) is 0. The molecule has 0 N–H and O–H groups in total. The minimum atomic E-state index is 0.384. The third kappa shape index (κ3) is 3.10. The summed E-state index contributed by atoms with van der Waals surface area (Å²) in [6.07, 6.45) is 5.58. The monoisotopic (exact) mass is 186 g/mol. The van der Waals surface area contributed by atoms with E-state index in [4.69, 9.17) is 4.74 Å². The molecule has 1 aliphatic rings. The molecule has 0 bridgehead atoms. The summed E-state index contributed by atoms with van der Waals surface area (Å²) in [5.74, 6) is 2.56. The van der Waals surface area contributed by atoms with Gasteiger partial charge in [0.1, 0.15) is 0 Å². The molecule has 70 valence electrons. The van der Waals surface area contributed by atoms with Gasteiger partial charge in [0.2, 0.25) is 0 Å². The molecule has 1 rings (SSSR count). The first-order valence-corrected chi connectivity index (χ1v) is 5.73. The molecule has 12 heavy (non-hydrogen) atoms. The van der Waals surface area contributed by atoms with Crippen LogP contribution in [0, 0.1) is 5.41 Å². The highest BCUT2D eigenvalue weighted by molar-refractivity contribution is 7.99. The van der Waals surface area contributed by atoms with Crippen LogP contribution in [0.4, 0.5) is 0 Å². The molecule has 0 aliphatic carbocycles. The first-order valence-electron chi connectivity index (χ1n) is 4.57. The third-order valence-corrected chi connectivity index (χ3v) is 3.80. The first-order chi connectivity index (χ1) is 5.77. The lowest BCUT2D eigenvalue weighted by atomic mass is 9.88. The number of hydrogen-bond donors (Lipinski definition) is 0. The fourth-order valence-electron chi connectivity index (χ4n) is 1.52. The van der Waals surface area contributed by atoms with Gasteiger partial charge in [-0.2, -0.15) is 11.8 Å². The summed E-state index contributed by atoms with van der Waals surface area (Å²) < 4.78 is 5.28. The minimum absolute atomic E-state index is 0.384. The smallest absolute Gasteiger partial charge is 0.0934 e. The molecule has 1 heterocycles. The van der Waals surface area contributed by atoms with Crippen LogP contribution in [0.2, 0.25) is 0 Å². The highest BCUT2D eigenvalue weighted by Crippen LogP contribution is 2.33. The van der Waals surface area contributed by atoms with Gasteiger partial charge in [-0.25, -0.2) is 0 Å². The van der Waals surface area contributed by atoms with Crippen LogP contribution in [0.3, 0.4) is 0 Å². The quantitative estimate of drug-likeness (QED) is 0.626. The molecule has 1 saturated heterocycles. The number of hydrogen-bond acceptors (Lipinski definition) is 2. The Balaban J connectivity index is 2.36. The fourth-order valence-corrected chi connectivity index (χ4v) is 2.79. The molecule has 1 unspecified atom stereocenters. The highest BCUT2D eigenvalue weighted by Gasteiger charge is 2.26. The molecule has 1 atom stereocenters. The Kier molecular flexibility index (Phi) is 3.99. The Morgan fingerprint density at radius 2 is 2.42 bits per heavy atom. The van der Waals surface area contributed by atoms with Gasteiger partial charge < -0.3 is 4.74 Å². The molecule has 2 heteroatoms. The Morgan fingerprint density at radius 1 is 1.58 bits per heavy atom. The van der Waals surface area contributed by atoms with Crippen molar-refractivity contribution in [2.75, 3.05) is 18.1 Å². The van der Waals surface area contributed by atoms with Gasteiger partial charge >= 0.3 is 0 Å². The van der Waals surface area contributed by atoms with Crippen molar-refractivity contribution < 1.29 is 4.74 Å². The van der Waals surface area contributed by atoms with Crippen LogP contribution in [-0.2, 0) is 4.74 Å². The highest BCUT2D eigenvalue weighted by atomic mass is 32.2. The summed E-state index contributed by atoms with van der Waals surface area (Å²) in [6.45, 7) is 6.72. The van der Waals surface area contributed by atoms with Crippen molar-refractivity contribution in [2.24, 2.45) is 5.41 Å². The summed E-state index contributed by atoms with van der Waals surface area (Å²) in [5.41, 5.74) is 0.384. The van der Waals surface area contributed by atoms with E-state index in [2.05, 4.69) is 25.3 Å². The molecule has 1 nitrogen and oxygen atoms in total. The van der Waals surface area contributed by atoms with Crippen LogP contribution in [0.15, 0.2) is 12.8 Å². The van der Waals surface area contributed by atoms with E-state index in [0.717, 1.165) is 6.61 Å². The summed E-state index contributed by atoms with van der Waals surface area (Å²) >= 11 is 2.06. The summed E-state index contributed by atoms with van der Waals surface area (Å²) in [6, 6.07) is 0. The van der Waals surface area contributed by atoms with E-state index in [1.165, 1.54) is 30.8 Å². The Labute approximate surface area is 79.6 Å². The number of rotatable bonds is 3. The SMILES string of the molecule is C=COCC1(C)CCCCSC1. The van der Waals surface area contributed by atoms with E-state index in [-0.39, 0.29) is 0 Å². The summed E-state index contributed by atoms with van der Waals surface area (Å²) in [7, 11) is 0. The van der Waals surface area contributed by atoms with Crippen molar-refractivity contribution in [3.8, 4) is 0 Å². The maximum Gasteiger partial charge on any atom is 0.0934 e. The van der Waals surface area contributed by atoms with Crippen molar-refractivity contribution in [1.29, 1.82) is 0 Å². The van der Waals surface area contributed by atoms with Crippen LogP contribution >= 0.6 is 11.8 Å². The number of ether oxygens (including phenoxy) is 1. The van der Waals surface area contributed by atoms with Gasteiger partial charge in [-0.05, 0) is 18.6 Å². The van der Waals surface area contributed by atoms with E-state index in [9.17, 15) is 0 Å². The van der Waals surface area contributed by atoms with Crippen LogP contribution in [-0.4, -0.2) is 18.1 Å². The molecular weight excluding hydrogens is 168 g/mol. The second-order valence-electron chi connectivity index (χ2n) is 3.80. The molecule has 0 radical (unpaired) electrons. The topological polar surface area (TPSA) is 9.23 Å². The molecule has 0 amide bonds. The Bertz CT molecular complexity index is 137. The molecule has 0 aromatic rings.